The van der Waals surface area contributed by atoms with Crippen molar-refractivity contribution in [2.75, 3.05) is 6.61 Å². The van der Waals surface area contributed by atoms with E-state index < -0.39 is 0 Å². The molecule has 0 aromatic carbocycles. The molecule has 1 aliphatic rings. The van der Waals surface area contributed by atoms with Crippen molar-refractivity contribution < 1.29 is 4.74 Å². The lowest BCUT2D eigenvalue weighted by Gasteiger charge is -2.10. The van der Waals surface area contributed by atoms with Crippen molar-refractivity contribution in [1.82, 2.24) is 9.97 Å². The first-order chi connectivity index (χ1) is 5.63. The van der Waals surface area contributed by atoms with Gasteiger partial charge < -0.3 is 4.74 Å². The van der Waals surface area contributed by atoms with Crippen LogP contribution in [-0.4, -0.2) is 16.6 Å². The van der Waals surface area contributed by atoms with Crippen molar-refractivity contribution in [2.24, 2.45) is 0 Å². The summed E-state index contributed by atoms with van der Waals surface area (Å²) in [5.41, 5.74) is 3.12. The second-order valence-electron chi connectivity index (χ2n) is 3.44. The molecule has 1 aromatic rings. The maximum atomic E-state index is 5.36. The lowest BCUT2D eigenvalue weighted by Crippen LogP contribution is -2.10. The molecule has 3 nitrogen and oxygen atoms in total. The normalized spacial score (nSPS) is 27.2. The van der Waals surface area contributed by atoms with E-state index in [0.29, 0.717) is 0 Å². The van der Waals surface area contributed by atoms with Gasteiger partial charge in [-0.2, -0.15) is 0 Å². The van der Waals surface area contributed by atoms with Crippen LogP contribution in [0.15, 0.2) is 6.33 Å². The summed E-state index contributed by atoms with van der Waals surface area (Å²) in [5.74, 6) is 0. The average molecular weight is 164 g/mol. The molecular weight excluding hydrogens is 152 g/mol. The van der Waals surface area contributed by atoms with Crippen LogP contribution in [0.5, 0.6) is 0 Å². The van der Waals surface area contributed by atoms with Crippen LogP contribution in [-0.2, 0) is 10.3 Å². The number of hydrogen-bond donors (Lipinski definition) is 0. The van der Waals surface area contributed by atoms with Crippen LogP contribution in [0.3, 0.4) is 0 Å². The largest absolute Gasteiger partial charge is 0.365 e. The molecule has 0 N–H and O–H groups in total. The van der Waals surface area contributed by atoms with Crippen LogP contribution in [0.4, 0.5) is 0 Å². The first-order valence-corrected chi connectivity index (χ1v) is 4.06. The maximum Gasteiger partial charge on any atom is 0.117 e. The van der Waals surface area contributed by atoms with E-state index in [-0.39, 0.29) is 5.60 Å². The SMILES string of the molecule is Cc1ncnc(C)c1C1(C)CO1. The number of ether oxygens (including phenoxy) is 1. The smallest absolute Gasteiger partial charge is 0.117 e. The van der Waals surface area contributed by atoms with Crippen LogP contribution in [0.2, 0.25) is 0 Å². The quantitative estimate of drug-likeness (QED) is 0.588. The molecular formula is C9H12N2O. The molecule has 64 valence electrons. The predicted molar refractivity (Wildman–Crippen MR) is 44.8 cm³/mol. The van der Waals surface area contributed by atoms with Crippen molar-refractivity contribution in [2.45, 2.75) is 26.4 Å². The number of aryl methyl sites for hydroxylation is 2. The van der Waals surface area contributed by atoms with Crippen LogP contribution in [0, 0.1) is 13.8 Å². The summed E-state index contributed by atoms with van der Waals surface area (Å²) in [6, 6.07) is 0. The fourth-order valence-corrected chi connectivity index (χ4v) is 1.61. The number of nitrogens with zero attached hydrogens (tertiary/aromatic N) is 2. The number of hydrogen-bond acceptors (Lipinski definition) is 3. The Morgan fingerprint density at radius 2 is 1.83 bits per heavy atom. The fraction of sp³-hybridized carbons (Fsp3) is 0.556. The van der Waals surface area contributed by atoms with E-state index in [9.17, 15) is 0 Å². The standard InChI is InChI=1S/C9H12N2O/c1-6-8(9(3)4-12-9)7(2)11-5-10-6/h5H,4H2,1-3H3. The van der Waals surface area contributed by atoms with E-state index in [1.54, 1.807) is 6.33 Å². The van der Waals surface area contributed by atoms with Gasteiger partial charge in [0.25, 0.3) is 0 Å². The van der Waals surface area contributed by atoms with E-state index in [1.807, 2.05) is 13.8 Å². The number of aromatic nitrogens is 2. The second kappa shape index (κ2) is 2.26. The minimum atomic E-state index is -0.102. The first kappa shape index (κ1) is 7.68. The highest BCUT2D eigenvalue weighted by atomic mass is 16.6. The Morgan fingerprint density at radius 1 is 1.33 bits per heavy atom. The summed E-state index contributed by atoms with van der Waals surface area (Å²) in [7, 11) is 0. The molecule has 1 unspecified atom stereocenters. The Bertz CT molecular complexity index is 298. The molecule has 1 aliphatic heterocycles. The maximum absolute atomic E-state index is 5.36. The molecule has 1 saturated heterocycles. The Labute approximate surface area is 71.8 Å². The zero-order valence-electron chi connectivity index (χ0n) is 7.59. The highest BCUT2D eigenvalue weighted by Crippen LogP contribution is 2.40. The van der Waals surface area contributed by atoms with Gasteiger partial charge in [-0.05, 0) is 20.8 Å². The van der Waals surface area contributed by atoms with Crippen LogP contribution in [0.1, 0.15) is 23.9 Å². The minimum Gasteiger partial charge on any atom is -0.365 e. The molecule has 2 rings (SSSR count). The van der Waals surface area contributed by atoms with Gasteiger partial charge in [-0.1, -0.05) is 0 Å². The van der Waals surface area contributed by atoms with Crippen molar-refractivity contribution in [3.8, 4) is 0 Å². The second-order valence-corrected chi connectivity index (χ2v) is 3.44. The van der Waals surface area contributed by atoms with Gasteiger partial charge in [-0.25, -0.2) is 9.97 Å². The number of epoxide rings is 1. The average Bonchev–Trinajstić information content (AvgIpc) is 2.68. The molecule has 0 amide bonds. The van der Waals surface area contributed by atoms with E-state index in [0.717, 1.165) is 23.6 Å². The summed E-state index contributed by atoms with van der Waals surface area (Å²) in [4.78, 5) is 8.31. The van der Waals surface area contributed by atoms with Gasteiger partial charge in [-0.15, -0.1) is 0 Å². The number of rotatable bonds is 1. The monoisotopic (exact) mass is 164 g/mol. The van der Waals surface area contributed by atoms with E-state index in [2.05, 4.69) is 16.9 Å². The van der Waals surface area contributed by atoms with Crippen molar-refractivity contribution in [3.63, 3.8) is 0 Å². The first-order valence-electron chi connectivity index (χ1n) is 4.06. The highest BCUT2D eigenvalue weighted by molar-refractivity contribution is 5.32. The lowest BCUT2D eigenvalue weighted by atomic mass is 9.99. The van der Waals surface area contributed by atoms with Gasteiger partial charge >= 0.3 is 0 Å². The molecule has 0 aliphatic carbocycles. The van der Waals surface area contributed by atoms with Crippen LogP contribution < -0.4 is 0 Å². The molecule has 1 fully saturated rings. The molecule has 12 heavy (non-hydrogen) atoms. The molecule has 0 bridgehead atoms. The molecule has 0 radical (unpaired) electrons. The topological polar surface area (TPSA) is 38.3 Å². The fourth-order valence-electron chi connectivity index (χ4n) is 1.61. The van der Waals surface area contributed by atoms with E-state index in [1.165, 1.54) is 0 Å². The summed E-state index contributed by atoms with van der Waals surface area (Å²) < 4.78 is 5.36. The molecule has 2 heterocycles. The van der Waals surface area contributed by atoms with Crippen LogP contribution in [0.25, 0.3) is 0 Å². The third-order valence-corrected chi connectivity index (χ3v) is 2.33. The Morgan fingerprint density at radius 3 is 2.25 bits per heavy atom. The van der Waals surface area contributed by atoms with Gasteiger partial charge in [0.05, 0.1) is 6.61 Å². The molecule has 1 atom stereocenters. The van der Waals surface area contributed by atoms with Crippen molar-refractivity contribution in [3.05, 3.63) is 23.3 Å². The van der Waals surface area contributed by atoms with Gasteiger partial charge in [-0.3, -0.25) is 0 Å². The zero-order chi connectivity index (χ0) is 8.77. The summed E-state index contributed by atoms with van der Waals surface area (Å²) in [5, 5.41) is 0. The van der Waals surface area contributed by atoms with E-state index >= 15 is 0 Å². The molecule has 1 aromatic heterocycles. The zero-order valence-corrected chi connectivity index (χ0v) is 7.59. The van der Waals surface area contributed by atoms with Crippen molar-refractivity contribution >= 4 is 0 Å². The molecule has 0 saturated carbocycles. The van der Waals surface area contributed by atoms with Crippen molar-refractivity contribution in [1.29, 1.82) is 0 Å². The van der Waals surface area contributed by atoms with Crippen LogP contribution >= 0.6 is 0 Å². The Kier molecular flexibility index (Phi) is 1.45. The minimum absolute atomic E-state index is 0.102. The Balaban J connectivity index is 2.55. The van der Waals surface area contributed by atoms with Gasteiger partial charge in [0.15, 0.2) is 0 Å². The van der Waals surface area contributed by atoms with Gasteiger partial charge in [0.2, 0.25) is 0 Å². The lowest BCUT2D eigenvalue weighted by molar-refractivity contribution is 0.326. The summed E-state index contributed by atoms with van der Waals surface area (Å²) in [6.45, 7) is 6.86. The molecule has 0 spiro atoms. The Hall–Kier alpha value is -0.960. The third-order valence-electron chi connectivity index (χ3n) is 2.33. The van der Waals surface area contributed by atoms with Gasteiger partial charge in [0.1, 0.15) is 11.9 Å². The van der Waals surface area contributed by atoms with Gasteiger partial charge in [0, 0.05) is 17.0 Å². The highest BCUT2D eigenvalue weighted by Gasteiger charge is 2.44. The third kappa shape index (κ3) is 1.01. The predicted octanol–water partition coefficient (Wildman–Crippen LogP) is 1.34. The molecule has 3 heteroatoms. The summed E-state index contributed by atoms with van der Waals surface area (Å²) >= 11 is 0. The van der Waals surface area contributed by atoms with E-state index in [4.69, 9.17) is 4.74 Å². The summed E-state index contributed by atoms with van der Waals surface area (Å²) in [6.07, 6.45) is 1.60.